The van der Waals surface area contributed by atoms with Crippen molar-refractivity contribution in [3.63, 3.8) is 0 Å². The molecule has 2 aromatic carbocycles. The second-order valence-electron chi connectivity index (χ2n) is 9.28. The van der Waals surface area contributed by atoms with Gasteiger partial charge in [-0.2, -0.15) is 0 Å². The average Bonchev–Trinajstić information content (AvgIpc) is 3.42. The van der Waals surface area contributed by atoms with Gasteiger partial charge >= 0.3 is 6.09 Å². The number of nitrogens with zero attached hydrogens (tertiary/aromatic N) is 2. The Balaban J connectivity index is 1.04. The lowest BCUT2D eigenvalue weighted by Crippen LogP contribution is -2.46. The Labute approximate surface area is 201 Å². The molecule has 2 N–H and O–H groups in total. The van der Waals surface area contributed by atoms with Crippen LogP contribution >= 0.6 is 0 Å². The monoisotopic (exact) mass is 480 g/mol. The van der Waals surface area contributed by atoms with Gasteiger partial charge in [-0.15, -0.1) is 0 Å². The molecule has 2 aromatic rings. The summed E-state index contributed by atoms with van der Waals surface area (Å²) in [6, 6.07) is 8.36. The number of carbonyl (C=O) groups excluding carboxylic acids is 3. The van der Waals surface area contributed by atoms with Gasteiger partial charge in [0.2, 0.25) is 5.91 Å². The van der Waals surface area contributed by atoms with E-state index in [2.05, 4.69) is 10.6 Å². The van der Waals surface area contributed by atoms with Gasteiger partial charge in [0.1, 0.15) is 17.7 Å². The highest BCUT2D eigenvalue weighted by atomic mass is 19.1. The first-order valence-corrected chi connectivity index (χ1v) is 11.9. The minimum absolute atomic E-state index is 0.0256. The molecule has 10 heteroatoms. The highest BCUT2D eigenvalue weighted by Crippen LogP contribution is 2.41. The summed E-state index contributed by atoms with van der Waals surface area (Å²) in [4.78, 5) is 39.9. The number of aryl methyl sites for hydroxylation is 1. The first-order valence-electron chi connectivity index (χ1n) is 11.9. The van der Waals surface area contributed by atoms with Crippen molar-refractivity contribution in [1.82, 2.24) is 5.32 Å². The fraction of sp³-hybridized carbons (Fsp3) is 0.400. The summed E-state index contributed by atoms with van der Waals surface area (Å²) < 4.78 is 25.3. The quantitative estimate of drug-likeness (QED) is 0.616. The number of fused-ring (bicyclic) bond motifs is 1. The highest BCUT2D eigenvalue weighted by molar-refractivity contribution is 5.99. The van der Waals surface area contributed by atoms with Crippen molar-refractivity contribution in [2.75, 3.05) is 41.4 Å². The van der Waals surface area contributed by atoms with E-state index in [1.54, 1.807) is 29.2 Å². The van der Waals surface area contributed by atoms with Crippen LogP contribution in [0.4, 0.5) is 26.2 Å². The molecule has 4 aliphatic heterocycles. The van der Waals surface area contributed by atoms with E-state index in [4.69, 9.17) is 9.47 Å². The standard InChI is InChI=1S/C25H25FN4O5/c26-19-4-1-14-2-6-23(32)30-16(9-18(19)24(14)30)11-27-8-7-17-12-29(25(33)35-17)15-3-5-21-20(10-15)28-22(31)13-34-21/h1,3-5,10,16-17,27H,2,6-9,11-13H2,(H,28,31)/t16-,17+/m0/s1. The maximum atomic E-state index is 14.4. The first kappa shape index (κ1) is 21.8. The summed E-state index contributed by atoms with van der Waals surface area (Å²) in [5, 5.41) is 6.11. The largest absolute Gasteiger partial charge is 0.482 e. The van der Waals surface area contributed by atoms with E-state index in [0.717, 1.165) is 11.3 Å². The van der Waals surface area contributed by atoms with E-state index in [9.17, 15) is 18.8 Å². The van der Waals surface area contributed by atoms with Gasteiger partial charge in [0.15, 0.2) is 6.61 Å². The predicted octanol–water partition coefficient (Wildman–Crippen LogP) is 2.37. The van der Waals surface area contributed by atoms with Crippen LogP contribution in [-0.4, -0.2) is 56.3 Å². The van der Waals surface area contributed by atoms with E-state index in [1.165, 1.54) is 11.0 Å². The maximum absolute atomic E-state index is 14.4. The fourth-order valence-corrected chi connectivity index (χ4v) is 5.37. The Hall–Kier alpha value is -3.66. The molecule has 6 rings (SSSR count). The van der Waals surface area contributed by atoms with Crippen LogP contribution in [0.1, 0.15) is 24.0 Å². The zero-order chi connectivity index (χ0) is 24.1. The molecule has 0 radical (unpaired) electrons. The summed E-state index contributed by atoms with van der Waals surface area (Å²) >= 11 is 0. The smallest absolute Gasteiger partial charge is 0.414 e. The van der Waals surface area contributed by atoms with Gasteiger partial charge in [-0.3, -0.25) is 14.5 Å². The number of halogens is 1. The van der Waals surface area contributed by atoms with Gasteiger partial charge < -0.3 is 25.0 Å². The lowest BCUT2D eigenvalue weighted by Gasteiger charge is -2.30. The topological polar surface area (TPSA) is 100 Å². The number of rotatable bonds is 6. The number of benzene rings is 2. The Morgan fingerprint density at radius 1 is 1.14 bits per heavy atom. The minimum Gasteiger partial charge on any atom is -0.482 e. The number of anilines is 3. The highest BCUT2D eigenvalue weighted by Gasteiger charge is 2.39. The Morgan fingerprint density at radius 3 is 2.91 bits per heavy atom. The number of amides is 3. The van der Waals surface area contributed by atoms with Crippen molar-refractivity contribution >= 4 is 35.0 Å². The molecule has 35 heavy (non-hydrogen) atoms. The van der Waals surface area contributed by atoms with Gasteiger partial charge in [-0.25, -0.2) is 9.18 Å². The molecule has 0 spiro atoms. The second kappa shape index (κ2) is 8.53. The van der Waals surface area contributed by atoms with Crippen LogP contribution in [-0.2, 0) is 27.2 Å². The lowest BCUT2D eigenvalue weighted by atomic mass is 9.99. The molecule has 182 valence electrons. The van der Waals surface area contributed by atoms with Crippen molar-refractivity contribution in [3.8, 4) is 5.75 Å². The van der Waals surface area contributed by atoms with Crippen LogP contribution in [0, 0.1) is 5.82 Å². The van der Waals surface area contributed by atoms with Crippen LogP contribution in [0.2, 0.25) is 0 Å². The molecular weight excluding hydrogens is 455 g/mol. The molecule has 0 unspecified atom stereocenters. The van der Waals surface area contributed by atoms with Gasteiger partial charge in [0.05, 0.1) is 24.0 Å². The van der Waals surface area contributed by atoms with Crippen molar-refractivity contribution in [2.24, 2.45) is 0 Å². The van der Waals surface area contributed by atoms with Crippen molar-refractivity contribution in [3.05, 3.63) is 47.3 Å². The summed E-state index contributed by atoms with van der Waals surface area (Å²) in [7, 11) is 0. The number of carbonyl (C=O) groups is 3. The Morgan fingerprint density at radius 2 is 2.03 bits per heavy atom. The SMILES string of the molecule is O=C1COc2ccc(N3C[C@@H](CCNC[C@@H]4Cc5c(F)ccc6c5N4C(=O)CC6)OC3=O)cc2N1. The molecule has 4 aliphatic rings. The molecule has 1 saturated heterocycles. The molecule has 4 heterocycles. The minimum atomic E-state index is -0.439. The number of hydrogen-bond donors (Lipinski definition) is 2. The number of ether oxygens (including phenoxy) is 2. The van der Waals surface area contributed by atoms with E-state index in [0.29, 0.717) is 68.0 Å². The zero-order valence-corrected chi connectivity index (χ0v) is 19.0. The van der Waals surface area contributed by atoms with E-state index in [-0.39, 0.29) is 36.4 Å². The van der Waals surface area contributed by atoms with Crippen LogP contribution < -0.4 is 25.2 Å². The Bertz CT molecular complexity index is 1230. The fourth-order valence-electron chi connectivity index (χ4n) is 5.37. The summed E-state index contributed by atoms with van der Waals surface area (Å²) in [5.41, 5.74) is 3.59. The number of nitrogens with one attached hydrogen (secondary N) is 2. The summed E-state index contributed by atoms with van der Waals surface area (Å²) in [6.07, 6.45) is 1.47. The lowest BCUT2D eigenvalue weighted by molar-refractivity contribution is -0.119. The molecule has 3 amide bonds. The first-order chi connectivity index (χ1) is 17.0. The normalized spacial score (nSPS) is 22.5. The molecule has 0 aliphatic carbocycles. The average molecular weight is 480 g/mol. The van der Waals surface area contributed by atoms with Gasteiger partial charge in [0.25, 0.3) is 5.91 Å². The molecule has 0 aromatic heterocycles. The van der Waals surface area contributed by atoms with Gasteiger partial charge in [-0.05, 0) is 55.6 Å². The van der Waals surface area contributed by atoms with Gasteiger partial charge in [-0.1, -0.05) is 6.07 Å². The molecule has 1 fully saturated rings. The maximum Gasteiger partial charge on any atom is 0.414 e. The van der Waals surface area contributed by atoms with Crippen LogP contribution in [0.25, 0.3) is 0 Å². The van der Waals surface area contributed by atoms with Gasteiger partial charge in [0, 0.05) is 24.2 Å². The predicted molar refractivity (Wildman–Crippen MR) is 125 cm³/mol. The number of cyclic esters (lactones) is 1. The molecule has 2 atom stereocenters. The van der Waals surface area contributed by atoms with Crippen LogP contribution in [0.5, 0.6) is 5.75 Å². The Kier molecular flexibility index (Phi) is 5.32. The molecule has 0 saturated carbocycles. The van der Waals surface area contributed by atoms with E-state index in [1.807, 2.05) is 0 Å². The third kappa shape index (κ3) is 3.87. The van der Waals surface area contributed by atoms with E-state index >= 15 is 0 Å². The third-order valence-electron chi connectivity index (χ3n) is 7.04. The summed E-state index contributed by atoms with van der Waals surface area (Å²) in [6.45, 7) is 1.49. The molecule has 9 nitrogen and oxygen atoms in total. The van der Waals surface area contributed by atoms with Crippen LogP contribution in [0.3, 0.4) is 0 Å². The van der Waals surface area contributed by atoms with Crippen molar-refractivity contribution in [2.45, 2.75) is 37.8 Å². The molecule has 0 bridgehead atoms. The summed E-state index contributed by atoms with van der Waals surface area (Å²) in [5.74, 6) is 0.117. The van der Waals surface area contributed by atoms with Crippen LogP contribution in [0.15, 0.2) is 30.3 Å². The third-order valence-corrected chi connectivity index (χ3v) is 7.04. The number of hydrogen-bond acceptors (Lipinski definition) is 6. The van der Waals surface area contributed by atoms with Crippen molar-refractivity contribution < 1.29 is 28.2 Å². The second-order valence-corrected chi connectivity index (χ2v) is 9.28. The van der Waals surface area contributed by atoms with E-state index < -0.39 is 6.09 Å². The zero-order valence-electron chi connectivity index (χ0n) is 19.0. The molecular formula is C25H25FN4O5. The van der Waals surface area contributed by atoms with Crippen molar-refractivity contribution in [1.29, 1.82) is 0 Å².